The second-order valence-electron chi connectivity index (χ2n) is 12.3. The van der Waals surface area contributed by atoms with Gasteiger partial charge in [-0.2, -0.15) is 9.03 Å². The molecule has 0 fully saturated rings. The van der Waals surface area contributed by atoms with Crippen molar-refractivity contribution >= 4 is 23.2 Å². The zero-order chi connectivity index (χ0) is 37.6. The fourth-order valence-electron chi connectivity index (χ4n) is 5.94. The highest BCUT2D eigenvalue weighted by atomic mass is 19.2. The zero-order valence-electron chi connectivity index (χ0n) is 27.9. The molecule has 0 radical (unpaired) electrons. The Kier molecular flexibility index (Phi) is 8.95. The number of pyridine rings is 2. The number of carbonyl (C=O) groups excluding carboxylic acids is 2. The van der Waals surface area contributed by atoms with Crippen molar-refractivity contribution in [2.75, 3.05) is 0 Å². The molecule has 0 aliphatic carbocycles. The van der Waals surface area contributed by atoms with Crippen LogP contribution in [0.5, 0.6) is 0 Å². The Hall–Kier alpha value is -6.84. The fourth-order valence-corrected chi connectivity index (χ4v) is 5.94. The summed E-state index contributed by atoms with van der Waals surface area (Å²) >= 11 is 0. The van der Waals surface area contributed by atoms with Gasteiger partial charge in [0.05, 0.1) is 0 Å². The molecular weight excluding hydrogens is 698 g/mol. The number of hydrogen-bond donors (Lipinski definition) is 2. The Bertz CT molecular complexity index is 2720. The molecule has 0 spiro atoms. The smallest absolute Gasteiger partial charge is 0.345 e. The second kappa shape index (κ2) is 13.7. The fraction of sp³-hybridized carbons (Fsp3) is 0.135. The molecule has 7 rings (SSSR count). The van der Waals surface area contributed by atoms with Crippen molar-refractivity contribution in [1.82, 2.24) is 34.3 Å². The highest BCUT2D eigenvalue weighted by molar-refractivity contribution is 5.92. The normalized spacial score (nSPS) is 11.4. The third kappa shape index (κ3) is 6.69. The van der Waals surface area contributed by atoms with E-state index in [1.165, 1.54) is 24.3 Å². The van der Waals surface area contributed by atoms with Gasteiger partial charge < -0.3 is 10.2 Å². The number of nitrogens with zero attached hydrogens (tertiary/aromatic N) is 5. The minimum Gasteiger partial charge on any atom is -0.345 e. The van der Waals surface area contributed by atoms with Gasteiger partial charge >= 0.3 is 5.97 Å². The van der Waals surface area contributed by atoms with E-state index in [2.05, 4.69) is 20.5 Å². The van der Waals surface area contributed by atoms with Gasteiger partial charge in [0.15, 0.2) is 34.6 Å². The third-order valence-corrected chi connectivity index (χ3v) is 8.48. The third-order valence-electron chi connectivity index (χ3n) is 8.48. The average molecular weight is 726 g/mol. The Morgan fingerprint density at radius 2 is 1.36 bits per heavy atom. The number of rotatable bonds is 9. The van der Waals surface area contributed by atoms with Crippen molar-refractivity contribution in [1.29, 1.82) is 0 Å². The van der Waals surface area contributed by atoms with Crippen LogP contribution in [-0.4, -0.2) is 40.8 Å². The van der Waals surface area contributed by atoms with E-state index in [1.54, 1.807) is 44.2 Å². The molecule has 2 N–H and O–H groups in total. The maximum atomic E-state index is 13.9. The highest BCUT2D eigenvalue weighted by Gasteiger charge is 2.27. The van der Waals surface area contributed by atoms with E-state index >= 15 is 0 Å². The van der Waals surface area contributed by atoms with E-state index in [4.69, 9.17) is 4.84 Å². The van der Waals surface area contributed by atoms with Crippen LogP contribution in [0.2, 0.25) is 0 Å². The SMILES string of the molecule is Cc1cc(Cc2ccc(F)c(F)c2)c(=O)n2nc(C(=O)NCc3ccccc3)n(OC(=O)c3nc4c(C)cc(Cc5ccc(F)c(F)c5)c(=O)n4[nH]3)c12. The number of aromatic nitrogens is 6. The van der Waals surface area contributed by atoms with Gasteiger partial charge in [0.25, 0.3) is 22.9 Å². The van der Waals surface area contributed by atoms with Gasteiger partial charge in [0.2, 0.25) is 5.82 Å². The molecule has 0 saturated heterocycles. The summed E-state index contributed by atoms with van der Waals surface area (Å²) in [5.41, 5.74) is 1.13. The highest BCUT2D eigenvalue weighted by Crippen LogP contribution is 2.18. The maximum absolute atomic E-state index is 13.9. The number of carbonyl (C=O) groups is 2. The molecule has 1 amide bonds. The summed E-state index contributed by atoms with van der Waals surface area (Å²) in [6, 6.07) is 18.4. The average Bonchev–Trinajstić information content (AvgIpc) is 3.76. The van der Waals surface area contributed by atoms with Gasteiger partial charge in [-0.05, 0) is 78.1 Å². The van der Waals surface area contributed by atoms with Crippen LogP contribution < -0.4 is 21.3 Å². The Morgan fingerprint density at radius 1 is 0.755 bits per heavy atom. The first kappa shape index (κ1) is 34.6. The Balaban J connectivity index is 1.26. The number of aromatic amines is 1. The van der Waals surface area contributed by atoms with Gasteiger partial charge in [0, 0.05) is 30.5 Å². The summed E-state index contributed by atoms with van der Waals surface area (Å²) in [5.74, 6) is -7.14. The monoisotopic (exact) mass is 725 g/mol. The molecular formula is C37H27F4N7O5. The topological polar surface area (TPSA) is 145 Å². The summed E-state index contributed by atoms with van der Waals surface area (Å²) in [6.45, 7) is 3.26. The molecule has 3 aromatic carbocycles. The van der Waals surface area contributed by atoms with E-state index < -0.39 is 57.9 Å². The number of fused-ring (bicyclic) bond motifs is 2. The molecule has 4 heterocycles. The quantitative estimate of drug-likeness (QED) is 0.210. The van der Waals surface area contributed by atoms with Crippen molar-refractivity contribution in [3.63, 3.8) is 0 Å². The van der Waals surface area contributed by atoms with Crippen molar-refractivity contribution < 1.29 is 32.0 Å². The van der Waals surface area contributed by atoms with Gasteiger partial charge in [0.1, 0.15) is 0 Å². The van der Waals surface area contributed by atoms with Crippen LogP contribution in [0.4, 0.5) is 17.6 Å². The lowest BCUT2D eigenvalue weighted by atomic mass is 10.0. The second-order valence-corrected chi connectivity index (χ2v) is 12.3. The zero-order valence-corrected chi connectivity index (χ0v) is 27.9. The van der Waals surface area contributed by atoms with Crippen molar-refractivity contribution in [2.24, 2.45) is 0 Å². The Morgan fingerprint density at radius 3 is 1.98 bits per heavy atom. The van der Waals surface area contributed by atoms with Gasteiger partial charge in [-0.1, -0.05) is 42.5 Å². The molecule has 7 aromatic rings. The molecule has 0 atom stereocenters. The summed E-state index contributed by atoms with van der Waals surface area (Å²) in [6.07, 6.45) is -0.152. The van der Waals surface area contributed by atoms with E-state index in [0.29, 0.717) is 22.3 Å². The first-order valence-electron chi connectivity index (χ1n) is 16.1. The number of hydrogen-bond acceptors (Lipinski definition) is 7. The van der Waals surface area contributed by atoms with Crippen LogP contribution in [0.1, 0.15) is 60.2 Å². The number of benzene rings is 3. The molecule has 0 saturated carbocycles. The lowest BCUT2D eigenvalue weighted by Crippen LogP contribution is -2.31. The van der Waals surface area contributed by atoms with Crippen molar-refractivity contribution in [3.05, 3.63) is 173 Å². The summed E-state index contributed by atoms with van der Waals surface area (Å²) in [7, 11) is 0. The molecule has 16 heteroatoms. The van der Waals surface area contributed by atoms with Crippen LogP contribution in [0.25, 0.3) is 11.3 Å². The molecule has 268 valence electrons. The summed E-state index contributed by atoms with van der Waals surface area (Å²) in [4.78, 5) is 64.2. The van der Waals surface area contributed by atoms with Gasteiger partial charge in [-0.3, -0.25) is 19.5 Å². The van der Waals surface area contributed by atoms with Gasteiger partial charge in [-0.15, -0.1) is 9.83 Å². The predicted molar refractivity (Wildman–Crippen MR) is 182 cm³/mol. The van der Waals surface area contributed by atoms with Crippen LogP contribution in [0.3, 0.4) is 0 Å². The van der Waals surface area contributed by atoms with Crippen molar-refractivity contribution in [2.45, 2.75) is 33.2 Å². The number of amides is 1. The molecule has 0 aliphatic rings. The van der Waals surface area contributed by atoms with E-state index in [9.17, 15) is 36.7 Å². The summed E-state index contributed by atoms with van der Waals surface area (Å²) in [5, 5.41) is 9.49. The molecule has 0 bridgehead atoms. The van der Waals surface area contributed by atoms with Gasteiger partial charge in [-0.25, -0.2) is 27.3 Å². The summed E-state index contributed by atoms with van der Waals surface area (Å²) < 4.78 is 57.4. The molecule has 0 unspecified atom stereocenters. The van der Waals surface area contributed by atoms with Crippen LogP contribution in [0.15, 0.2) is 88.5 Å². The largest absolute Gasteiger partial charge is 0.400 e. The van der Waals surface area contributed by atoms with E-state index in [1.807, 2.05) is 0 Å². The van der Waals surface area contributed by atoms with Crippen LogP contribution in [0, 0.1) is 37.1 Å². The number of halogens is 4. The lowest BCUT2D eigenvalue weighted by molar-refractivity contribution is 0.0447. The molecule has 4 aromatic heterocycles. The van der Waals surface area contributed by atoms with Crippen LogP contribution in [-0.2, 0) is 19.4 Å². The molecule has 53 heavy (non-hydrogen) atoms. The minimum atomic E-state index is -1.16. The predicted octanol–water partition coefficient (Wildman–Crippen LogP) is 4.39. The minimum absolute atomic E-state index is 0.0484. The standard InChI is InChI=1S/C37H27F4N7O5/c1-19-12-24(14-22-8-10-26(38)28(40)16-22)35(50)46-31(19)43-30(44-46)37(52)53-48-32(33(49)42-18-21-6-4-3-5-7-21)45-47-34(48)20(2)13-25(36(47)51)15-23-9-11-27(39)29(41)17-23/h3-13,16-17H,14-15,18H2,1-2H3,(H,42,49)(H,43,44). The van der Waals surface area contributed by atoms with E-state index in [-0.39, 0.29) is 41.8 Å². The van der Waals surface area contributed by atoms with E-state index in [0.717, 1.165) is 43.6 Å². The molecule has 0 aliphatic heterocycles. The molecule has 12 nitrogen and oxygen atoms in total. The number of H-pyrrole nitrogens is 1. The first-order chi connectivity index (χ1) is 25.4. The van der Waals surface area contributed by atoms with Crippen molar-refractivity contribution in [3.8, 4) is 0 Å². The Labute approximate surface area is 295 Å². The first-order valence-corrected chi connectivity index (χ1v) is 16.1. The number of nitrogens with one attached hydrogen (secondary N) is 2. The lowest BCUT2D eigenvalue weighted by Gasteiger charge is -2.10. The van der Waals surface area contributed by atoms with Crippen LogP contribution >= 0.6 is 0 Å². The maximum Gasteiger partial charge on any atom is 0.400 e. The number of aryl methyl sites for hydroxylation is 2.